The molecule has 0 spiro atoms. The molecule has 0 aliphatic rings. The number of alkyl halides is 3. The van der Waals surface area contributed by atoms with Crippen LogP contribution in [0.15, 0.2) is 41.3 Å². The topological polar surface area (TPSA) is 55.4 Å². The largest absolute Gasteiger partial charge is 0.573 e. The Labute approximate surface area is 146 Å². The maximum atomic E-state index is 13.9. The van der Waals surface area contributed by atoms with Gasteiger partial charge in [0.15, 0.2) is 5.82 Å². The molecule has 0 aliphatic heterocycles. The van der Waals surface area contributed by atoms with Gasteiger partial charge in [-0.05, 0) is 46.9 Å². The maximum Gasteiger partial charge on any atom is 0.573 e. The number of hydrogen-bond donors (Lipinski definition) is 1. The number of ether oxygens (including phenoxy) is 1. The Kier molecular flexibility index (Phi) is 5.22. The van der Waals surface area contributed by atoms with E-state index in [2.05, 4.69) is 4.74 Å². The van der Waals surface area contributed by atoms with Gasteiger partial charge in [0.1, 0.15) is 11.6 Å². The molecule has 0 heterocycles. The van der Waals surface area contributed by atoms with Crippen molar-refractivity contribution in [3.8, 4) is 5.75 Å². The molecule has 0 amide bonds. The van der Waals surface area contributed by atoms with Gasteiger partial charge in [-0.15, -0.1) is 13.2 Å². The van der Waals surface area contributed by atoms with Crippen molar-refractivity contribution in [2.75, 3.05) is 4.72 Å². The molecule has 24 heavy (non-hydrogen) atoms. The van der Waals surface area contributed by atoms with Gasteiger partial charge < -0.3 is 4.74 Å². The van der Waals surface area contributed by atoms with E-state index in [1.807, 2.05) is 4.72 Å². The predicted molar refractivity (Wildman–Crippen MR) is 83.0 cm³/mol. The smallest absolute Gasteiger partial charge is 0.406 e. The van der Waals surface area contributed by atoms with E-state index >= 15 is 0 Å². The highest BCUT2D eigenvalue weighted by Crippen LogP contribution is 2.28. The minimum Gasteiger partial charge on any atom is -0.406 e. The molecule has 4 nitrogen and oxygen atoms in total. The van der Waals surface area contributed by atoms with E-state index in [1.165, 1.54) is 22.6 Å². The summed E-state index contributed by atoms with van der Waals surface area (Å²) in [7, 11) is -4.41. The van der Waals surface area contributed by atoms with Crippen molar-refractivity contribution in [2.24, 2.45) is 0 Å². The molecule has 0 aromatic heterocycles. The molecule has 130 valence electrons. The molecule has 0 unspecified atom stereocenters. The van der Waals surface area contributed by atoms with Crippen LogP contribution in [0.25, 0.3) is 0 Å². The molecule has 2 aromatic rings. The van der Waals surface area contributed by atoms with Crippen LogP contribution in [0.2, 0.25) is 0 Å². The molecule has 0 fully saturated rings. The quantitative estimate of drug-likeness (QED) is 0.405. The van der Waals surface area contributed by atoms with Crippen LogP contribution in [-0.2, 0) is 10.0 Å². The molecule has 1 N–H and O–H groups in total. The highest BCUT2D eigenvalue weighted by Gasteiger charge is 2.31. The third-order valence-corrected chi connectivity index (χ3v) is 4.98. The van der Waals surface area contributed by atoms with E-state index in [0.29, 0.717) is 6.07 Å². The number of benzene rings is 2. The molecule has 11 heteroatoms. The molecule has 0 atom stereocenters. The number of halogens is 6. The second-order valence-corrected chi connectivity index (χ2v) is 7.11. The molecule has 2 aromatic carbocycles. The average Bonchev–Trinajstić information content (AvgIpc) is 2.46. The van der Waals surface area contributed by atoms with Crippen molar-refractivity contribution >= 4 is 38.3 Å². The molecule has 0 saturated heterocycles. The molecule has 0 saturated carbocycles. The van der Waals surface area contributed by atoms with Gasteiger partial charge in [-0.2, -0.15) is 0 Å². The Morgan fingerprint density at radius 2 is 1.75 bits per heavy atom. The van der Waals surface area contributed by atoms with Gasteiger partial charge in [0, 0.05) is 6.07 Å². The lowest BCUT2D eigenvalue weighted by molar-refractivity contribution is -0.274. The molecule has 2 rings (SSSR count). The van der Waals surface area contributed by atoms with Crippen LogP contribution in [0.1, 0.15) is 0 Å². The first-order valence-electron chi connectivity index (χ1n) is 6.02. The number of nitrogens with one attached hydrogen (secondary N) is 1. The summed E-state index contributed by atoms with van der Waals surface area (Å²) in [4.78, 5) is -0.581. The van der Waals surface area contributed by atoms with Gasteiger partial charge in [-0.3, -0.25) is 4.72 Å². The highest BCUT2D eigenvalue weighted by molar-refractivity contribution is 14.1. The first-order chi connectivity index (χ1) is 11.0. The van der Waals surface area contributed by atoms with Gasteiger partial charge in [0.05, 0.1) is 14.2 Å². The monoisotopic (exact) mass is 479 g/mol. The van der Waals surface area contributed by atoms with E-state index in [0.717, 1.165) is 30.3 Å². The lowest BCUT2D eigenvalue weighted by atomic mass is 10.3. The summed E-state index contributed by atoms with van der Waals surface area (Å²) in [5.41, 5.74) is -0.539. The lowest BCUT2D eigenvalue weighted by Crippen LogP contribution is -2.18. The molecular weight excluding hydrogens is 472 g/mol. The number of anilines is 1. The summed E-state index contributed by atoms with van der Waals surface area (Å²) in [6.45, 7) is 0. The number of rotatable bonds is 4. The summed E-state index contributed by atoms with van der Waals surface area (Å²) in [6.07, 6.45) is -4.99. The van der Waals surface area contributed by atoms with Crippen LogP contribution in [-0.4, -0.2) is 14.8 Å². The zero-order valence-electron chi connectivity index (χ0n) is 11.4. The molecule has 0 radical (unpaired) electrons. The first kappa shape index (κ1) is 18.7. The van der Waals surface area contributed by atoms with E-state index < -0.39 is 47.9 Å². The zero-order chi connectivity index (χ0) is 18.1. The summed E-state index contributed by atoms with van der Waals surface area (Å²) < 4.78 is 92.9. The Bertz CT molecular complexity index is 870. The van der Waals surface area contributed by atoms with E-state index in [4.69, 9.17) is 0 Å². The fraction of sp³-hybridized carbons (Fsp3) is 0.0769. The zero-order valence-corrected chi connectivity index (χ0v) is 14.3. The van der Waals surface area contributed by atoms with Crippen molar-refractivity contribution in [2.45, 2.75) is 11.3 Å². The number of sulfonamides is 1. The standard InChI is InChI=1S/C13H7F5INO3S/c14-9-4-5-10(11(15)12(9)19)20-24(21,22)8-3-1-2-7(6-8)23-13(16,17)18/h1-6,20H. The van der Waals surface area contributed by atoms with Crippen molar-refractivity contribution in [3.05, 3.63) is 51.6 Å². The summed E-state index contributed by atoms with van der Waals surface area (Å²) in [5.74, 6) is -2.77. The van der Waals surface area contributed by atoms with Crippen LogP contribution in [0.5, 0.6) is 5.75 Å². The number of hydrogen-bond acceptors (Lipinski definition) is 3. The summed E-state index contributed by atoms with van der Waals surface area (Å²) in [6, 6.07) is 5.28. The van der Waals surface area contributed by atoms with Gasteiger partial charge in [0.2, 0.25) is 0 Å². The molecular formula is C13H7F5INO3S. The van der Waals surface area contributed by atoms with Crippen LogP contribution in [0, 0.1) is 15.2 Å². The first-order valence-corrected chi connectivity index (χ1v) is 8.58. The van der Waals surface area contributed by atoms with Gasteiger partial charge in [-0.1, -0.05) is 6.07 Å². The predicted octanol–water partition coefficient (Wildman–Crippen LogP) is 4.27. The maximum absolute atomic E-state index is 13.9. The minimum atomic E-state index is -4.99. The SMILES string of the molecule is O=S(=O)(Nc1ccc(F)c(I)c1F)c1cccc(OC(F)(F)F)c1. The molecule has 0 aliphatic carbocycles. The van der Waals surface area contributed by atoms with Crippen LogP contribution < -0.4 is 9.46 Å². The fourth-order valence-electron chi connectivity index (χ4n) is 1.65. The van der Waals surface area contributed by atoms with Crippen LogP contribution in [0.3, 0.4) is 0 Å². The van der Waals surface area contributed by atoms with Gasteiger partial charge in [0.25, 0.3) is 10.0 Å². The van der Waals surface area contributed by atoms with Crippen LogP contribution in [0.4, 0.5) is 27.6 Å². The van der Waals surface area contributed by atoms with Crippen molar-refractivity contribution in [1.82, 2.24) is 0 Å². The Balaban J connectivity index is 2.35. The Hall–Kier alpha value is -1.63. The normalized spacial score (nSPS) is 12.1. The Morgan fingerprint density at radius 3 is 2.38 bits per heavy atom. The third-order valence-electron chi connectivity index (χ3n) is 2.63. The second-order valence-electron chi connectivity index (χ2n) is 4.35. The molecule has 0 bridgehead atoms. The van der Waals surface area contributed by atoms with Crippen molar-refractivity contribution in [1.29, 1.82) is 0 Å². The van der Waals surface area contributed by atoms with Gasteiger partial charge in [-0.25, -0.2) is 17.2 Å². The van der Waals surface area contributed by atoms with Crippen LogP contribution >= 0.6 is 22.6 Å². The Morgan fingerprint density at radius 1 is 1.08 bits per heavy atom. The summed E-state index contributed by atoms with van der Waals surface area (Å²) >= 11 is 1.35. The van der Waals surface area contributed by atoms with Gasteiger partial charge >= 0.3 is 6.36 Å². The minimum absolute atomic E-state index is 0.429. The van der Waals surface area contributed by atoms with Crippen molar-refractivity contribution in [3.63, 3.8) is 0 Å². The lowest BCUT2D eigenvalue weighted by Gasteiger charge is -2.12. The summed E-state index contributed by atoms with van der Waals surface area (Å²) in [5, 5.41) is 0. The van der Waals surface area contributed by atoms with E-state index in [1.54, 1.807) is 0 Å². The fourth-order valence-corrected chi connectivity index (χ4v) is 3.21. The second kappa shape index (κ2) is 6.70. The third kappa shape index (κ3) is 4.47. The van der Waals surface area contributed by atoms with E-state index in [9.17, 15) is 30.4 Å². The van der Waals surface area contributed by atoms with Crippen molar-refractivity contribution < 1.29 is 35.1 Å². The highest BCUT2D eigenvalue weighted by atomic mass is 127. The van der Waals surface area contributed by atoms with E-state index in [-0.39, 0.29) is 0 Å². The average molecular weight is 479 g/mol.